The largest absolute Gasteiger partial charge is 0.543 e. The lowest BCUT2D eigenvalue weighted by molar-refractivity contribution is -0.00589. The van der Waals surface area contributed by atoms with Crippen LogP contribution < -0.4 is 9.16 Å². The Bertz CT molecular complexity index is 1140. The Morgan fingerprint density at radius 3 is 1.92 bits per heavy atom. The normalized spacial score (nSPS) is 27.1. The lowest BCUT2D eigenvalue weighted by Crippen LogP contribution is -2.49. The van der Waals surface area contributed by atoms with E-state index in [4.69, 9.17) is 14.3 Å². The monoisotopic (exact) mass is 506 g/mol. The summed E-state index contributed by atoms with van der Waals surface area (Å²) in [5.41, 5.74) is 1.95. The molecule has 4 saturated carbocycles. The first kappa shape index (κ1) is 25.1. The Kier molecular flexibility index (Phi) is 6.10. The molecule has 1 N–H and O–H groups in total. The summed E-state index contributed by atoms with van der Waals surface area (Å²) < 4.78 is 12.5. The van der Waals surface area contributed by atoms with Crippen LogP contribution in [-0.4, -0.2) is 25.4 Å². The van der Waals surface area contributed by atoms with Crippen LogP contribution in [0.25, 0.3) is 0 Å². The van der Waals surface area contributed by atoms with Gasteiger partial charge in [0.05, 0.1) is 11.1 Å². The maximum absolute atomic E-state index is 13.2. The maximum Gasteiger partial charge on any atom is 0.343 e. The minimum atomic E-state index is -2.08. The first-order chi connectivity index (χ1) is 16.8. The van der Waals surface area contributed by atoms with E-state index in [1.807, 2.05) is 18.2 Å². The fraction of sp³-hybridized carbons (Fsp3) is 0.533. The number of aromatic carboxylic acids is 1. The van der Waals surface area contributed by atoms with Crippen molar-refractivity contribution in [1.29, 1.82) is 0 Å². The van der Waals surface area contributed by atoms with Crippen LogP contribution in [0, 0.1) is 17.8 Å². The fourth-order valence-corrected chi connectivity index (χ4v) is 7.89. The molecule has 0 aliphatic heterocycles. The molecule has 4 bridgehead atoms. The standard InChI is InChI=1S/C30H38O5Si/c1-29(2,3)36(4,5)35-26-11-8-23(28(33)34-24-9-6-22(7-10-24)27(31)32)15-25(26)30-16-19-12-20(17-30)14-21(13-19)18-30/h6-11,15,19-21H,12-14,16-18H2,1-5H3,(H,31,32). The minimum absolute atomic E-state index is 0.0749. The van der Waals surface area contributed by atoms with Crippen molar-refractivity contribution in [2.45, 2.75) is 82.8 Å². The summed E-state index contributed by atoms with van der Waals surface area (Å²) in [5.74, 6) is 2.18. The molecule has 4 aliphatic carbocycles. The van der Waals surface area contributed by atoms with E-state index >= 15 is 0 Å². The van der Waals surface area contributed by atoms with E-state index in [-0.39, 0.29) is 16.0 Å². The number of carboxylic acids is 1. The van der Waals surface area contributed by atoms with Crippen LogP contribution in [0.2, 0.25) is 18.1 Å². The smallest absolute Gasteiger partial charge is 0.343 e. The van der Waals surface area contributed by atoms with Gasteiger partial charge in [0.25, 0.3) is 0 Å². The molecule has 4 fully saturated rings. The van der Waals surface area contributed by atoms with Gasteiger partial charge in [0.15, 0.2) is 0 Å². The van der Waals surface area contributed by atoms with Crippen molar-refractivity contribution in [3.05, 3.63) is 59.2 Å². The van der Waals surface area contributed by atoms with Gasteiger partial charge in [-0.25, -0.2) is 9.59 Å². The van der Waals surface area contributed by atoms with E-state index in [0.717, 1.165) is 23.5 Å². The molecule has 0 spiro atoms. The third-order valence-corrected chi connectivity index (χ3v) is 13.7. The van der Waals surface area contributed by atoms with Gasteiger partial charge in [0.2, 0.25) is 8.32 Å². The molecule has 0 heterocycles. The highest BCUT2D eigenvalue weighted by Crippen LogP contribution is 2.62. The molecule has 6 rings (SSSR count). The van der Waals surface area contributed by atoms with Crippen molar-refractivity contribution in [3.8, 4) is 11.5 Å². The van der Waals surface area contributed by atoms with Gasteiger partial charge in [-0.1, -0.05) is 20.8 Å². The highest BCUT2D eigenvalue weighted by atomic mass is 28.4. The molecule has 0 atom stereocenters. The molecule has 6 heteroatoms. The number of benzene rings is 2. The molecule has 192 valence electrons. The summed E-state index contributed by atoms with van der Waals surface area (Å²) in [6, 6.07) is 11.8. The quantitative estimate of drug-likeness (QED) is 0.250. The van der Waals surface area contributed by atoms with Crippen LogP contribution in [0.1, 0.15) is 85.6 Å². The zero-order valence-electron chi connectivity index (χ0n) is 22.1. The van der Waals surface area contributed by atoms with E-state index in [1.54, 1.807) is 0 Å². The average molecular weight is 507 g/mol. The summed E-state index contributed by atoms with van der Waals surface area (Å²) in [5, 5.41) is 9.20. The van der Waals surface area contributed by atoms with Gasteiger partial charge in [0, 0.05) is 0 Å². The predicted molar refractivity (Wildman–Crippen MR) is 142 cm³/mol. The van der Waals surface area contributed by atoms with Crippen molar-refractivity contribution in [1.82, 2.24) is 0 Å². The zero-order valence-corrected chi connectivity index (χ0v) is 23.1. The van der Waals surface area contributed by atoms with Crippen LogP contribution in [0.15, 0.2) is 42.5 Å². The van der Waals surface area contributed by atoms with Crippen molar-refractivity contribution < 1.29 is 23.9 Å². The van der Waals surface area contributed by atoms with Gasteiger partial charge in [-0.2, -0.15) is 0 Å². The summed E-state index contributed by atoms with van der Waals surface area (Å²) in [6.45, 7) is 11.3. The number of carbonyl (C=O) groups excluding carboxylic acids is 1. The average Bonchev–Trinajstić information content (AvgIpc) is 2.77. The Morgan fingerprint density at radius 2 is 1.42 bits per heavy atom. The van der Waals surface area contributed by atoms with E-state index in [2.05, 4.69) is 33.9 Å². The molecule has 2 aromatic rings. The number of esters is 1. The molecule has 0 unspecified atom stereocenters. The third kappa shape index (κ3) is 4.60. The first-order valence-corrected chi connectivity index (χ1v) is 16.2. The van der Waals surface area contributed by atoms with Gasteiger partial charge < -0.3 is 14.3 Å². The fourth-order valence-electron chi connectivity index (χ4n) is 6.86. The second kappa shape index (κ2) is 8.75. The number of carboxylic acid groups (broad SMARTS) is 1. The third-order valence-electron chi connectivity index (χ3n) is 9.31. The molecule has 5 nitrogen and oxygen atoms in total. The summed E-state index contributed by atoms with van der Waals surface area (Å²) in [4.78, 5) is 24.3. The van der Waals surface area contributed by atoms with E-state index in [9.17, 15) is 9.59 Å². The minimum Gasteiger partial charge on any atom is -0.543 e. The summed E-state index contributed by atoms with van der Waals surface area (Å²) in [6.07, 6.45) is 7.61. The van der Waals surface area contributed by atoms with Gasteiger partial charge in [-0.05, 0) is 128 Å². The van der Waals surface area contributed by atoms with Crippen LogP contribution in [0.3, 0.4) is 0 Å². The SMILES string of the molecule is CC(C)(C)[Si](C)(C)Oc1ccc(C(=O)Oc2ccc(C(=O)O)cc2)cc1C12CC3CC(CC(C3)C1)C2. The van der Waals surface area contributed by atoms with Crippen molar-refractivity contribution in [2.75, 3.05) is 0 Å². The van der Waals surface area contributed by atoms with Crippen LogP contribution in [0.4, 0.5) is 0 Å². The number of hydrogen-bond acceptors (Lipinski definition) is 4. The lowest BCUT2D eigenvalue weighted by atomic mass is 9.48. The van der Waals surface area contributed by atoms with Crippen LogP contribution >= 0.6 is 0 Å². The molecule has 2 aromatic carbocycles. The zero-order chi connectivity index (χ0) is 25.9. The highest BCUT2D eigenvalue weighted by Gasteiger charge is 2.53. The molecule has 0 amide bonds. The van der Waals surface area contributed by atoms with E-state index < -0.39 is 20.3 Å². The topological polar surface area (TPSA) is 72.8 Å². The van der Waals surface area contributed by atoms with Crippen LogP contribution in [-0.2, 0) is 5.41 Å². The number of hydrogen-bond donors (Lipinski definition) is 1. The van der Waals surface area contributed by atoms with Crippen molar-refractivity contribution >= 4 is 20.3 Å². The van der Waals surface area contributed by atoms with Gasteiger partial charge in [-0.3, -0.25) is 0 Å². The summed E-state index contributed by atoms with van der Waals surface area (Å²) in [7, 11) is -2.08. The Balaban J connectivity index is 1.49. The summed E-state index contributed by atoms with van der Waals surface area (Å²) >= 11 is 0. The van der Waals surface area contributed by atoms with Gasteiger partial charge in [-0.15, -0.1) is 0 Å². The molecule has 0 saturated heterocycles. The number of rotatable bonds is 6. The number of ether oxygens (including phenoxy) is 1. The second-order valence-corrected chi connectivity index (χ2v) is 17.7. The molecule has 0 radical (unpaired) electrons. The molecule has 4 aliphatic rings. The predicted octanol–water partition coefficient (Wildman–Crippen LogP) is 7.46. The van der Waals surface area contributed by atoms with Crippen LogP contribution in [0.5, 0.6) is 11.5 Å². The Morgan fingerprint density at radius 1 is 0.889 bits per heavy atom. The number of carbonyl (C=O) groups is 2. The molecule has 36 heavy (non-hydrogen) atoms. The Labute approximate surface area is 215 Å². The molecular weight excluding hydrogens is 468 g/mol. The highest BCUT2D eigenvalue weighted by molar-refractivity contribution is 6.74. The molecule has 0 aromatic heterocycles. The lowest BCUT2D eigenvalue weighted by Gasteiger charge is -2.57. The van der Waals surface area contributed by atoms with Gasteiger partial charge >= 0.3 is 11.9 Å². The van der Waals surface area contributed by atoms with Gasteiger partial charge in [0.1, 0.15) is 11.5 Å². The molecular formula is C30H38O5Si. The maximum atomic E-state index is 13.2. The van der Waals surface area contributed by atoms with Crippen molar-refractivity contribution in [3.63, 3.8) is 0 Å². The van der Waals surface area contributed by atoms with E-state index in [0.29, 0.717) is 11.3 Å². The van der Waals surface area contributed by atoms with Crippen molar-refractivity contribution in [2.24, 2.45) is 17.8 Å². The first-order valence-electron chi connectivity index (χ1n) is 13.2. The second-order valence-electron chi connectivity index (χ2n) is 13.0. The Hall–Kier alpha value is -2.60. The van der Waals surface area contributed by atoms with E-state index in [1.165, 1.54) is 68.4 Å².